The van der Waals surface area contributed by atoms with E-state index in [9.17, 15) is 0 Å². The number of rotatable bonds is 4. The number of hydrogen-bond acceptors (Lipinski definition) is 3. The molecule has 0 fully saturated rings. The summed E-state index contributed by atoms with van der Waals surface area (Å²) in [5.74, 6) is 1.64. The second-order valence-corrected chi connectivity index (χ2v) is 6.44. The van der Waals surface area contributed by atoms with E-state index in [1.54, 1.807) is 6.20 Å². The first kappa shape index (κ1) is 15.5. The number of ether oxygens (including phenoxy) is 1. The molecule has 2 rings (SSSR count). The Morgan fingerprint density at radius 2 is 1.86 bits per heavy atom. The van der Waals surface area contributed by atoms with Crippen LogP contribution in [0.1, 0.15) is 37.6 Å². The zero-order chi connectivity index (χ0) is 15.5. The smallest absolute Gasteiger partial charge is 0.145 e. The highest BCUT2D eigenvalue weighted by Gasteiger charge is 2.09. The van der Waals surface area contributed by atoms with Gasteiger partial charge in [0, 0.05) is 17.8 Å². The van der Waals surface area contributed by atoms with Gasteiger partial charge in [-0.05, 0) is 63.9 Å². The number of hydrogen-bond donors (Lipinski definition) is 1. The number of pyridine rings is 1. The molecule has 0 atom stereocenters. The van der Waals surface area contributed by atoms with E-state index in [0.717, 1.165) is 29.3 Å². The predicted molar refractivity (Wildman–Crippen MR) is 86.8 cm³/mol. The van der Waals surface area contributed by atoms with E-state index in [1.807, 2.05) is 25.1 Å². The van der Waals surface area contributed by atoms with E-state index in [0.29, 0.717) is 0 Å². The van der Waals surface area contributed by atoms with Crippen molar-refractivity contribution in [1.82, 2.24) is 10.3 Å². The number of aromatic nitrogens is 1. The van der Waals surface area contributed by atoms with Gasteiger partial charge in [0.05, 0.1) is 6.20 Å². The summed E-state index contributed by atoms with van der Waals surface area (Å²) >= 11 is 0. The molecule has 0 unspecified atom stereocenters. The molecule has 0 amide bonds. The lowest BCUT2D eigenvalue weighted by atomic mass is 10.1. The SMILES string of the molecule is Cc1ccc(Oc2ccc(CNC(C)(C)C)cc2C)cn1. The van der Waals surface area contributed by atoms with Crippen LogP contribution < -0.4 is 10.1 Å². The third kappa shape index (κ3) is 4.87. The molecule has 1 heterocycles. The molecule has 21 heavy (non-hydrogen) atoms. The van der Waals surface area contributed by atoms with E-state index in [2.05, 4.69) is 50.1 Å². The molecule has 1 aromatic carbocycles. The quantitative estimate of drug-likeness (QED) is 0.904. The van der Waals surface area contributed by atoms with Crippen LogP contribution in [0.5, 0.6) is 11.5 Å². The fourth-order valence-corrected chi connectivity index (χ4v) is 1.94. The predicted octanol–water partition coefficient (Wildman–Crippen LogP) is 4.38. The zero-order valence-electron chi connectivity index (χ0n) is 13.5. The lowest BCUT2D eigenvalue weighted by molar-refractivity contribution is 0.424. The van der Waals surface area contributed by atoms with Gasteiger partial charge in [0.1, 0.15) is 11.5 Å². The Kier molecular flexibility index (Phi) is 4.63. The zero-order valence-corrected chi connectivity index (χ0v) is 13.5. The number of nitrogens with one attached hydrogen (secondary N) is 1. The number of aryl methyl sites for hydroxylation is 2. The van der Waals surface area contributed by atoms with Gasteiger partial charge in [-0.25, -0.2) is 0 Å². The summed E-state index contributed by atoms with van der Waals surface area (Å²) in [6.45, 7) is 11.4. The van der Waals surface area contributed by atoms with Gasteiger partial charge in [0.2, 0.25) is 0 Å². The third-order valence-electron chi connectivity index (χ3n) is 3.17. The van der Waals surface area contributed by atoms with Gasteiger partial charge in [0.15, 0.2) is 0 Å². The van der Waals surface area contributed by atoms with E-state index in [1.165, 1.54) is 5.56 Å². The standard InChI is InChI=1S/C18H24N2O/c1-13-10-15(11-20-18(3,4)5)7-9-17(13)21-16-8-6-14(2)19-12-16/h6-10,12,20H,11H2,1-5H3. The molecule has 0 spiro atoms. The van der Waals surface area contributed by atoms with E-state index < -0.39 is 0 Å². The second kappa shape index (κ2) is 6.27. The third-order valence-corrected chi connectivity index (χ3v) is 3.17. The van der Waals surface area contributed by atoms with Gasteiger partial charge >= 0.3 is 0 Å². The molecule has 1 N–H and O–H groups in total. The van der Waals surface area contributed by atoms with Crippen LogP contribution in [0, 0.1) is 13.8 Å². The molecule has 3 nitrogen and oxygen atoms in total. The Hall–Kier alpha value is -1.87. The van der Waals surface area contributed by atoms with Gasteiger partial charge in [0.25, 0.3) is 0 Å². The Balaban J connectivity index is 2.07. The minimum Gasteiger partial charge on any atom is -0.455 e. The summed E-state index contributed by atoms with van der Waals surface area (Å²) < 4.78 is 5.88. The van der Waals surface area contributed by atoms with Crippen LogP contribution >= 0.6 is 0 Å². The summed E-state index contributed by atoms with van der Waals surface area (Å²) in [5.41, 5.74) is 3.50. The van der Waals surface area contributed by atoms with Crippen molar-refractivity contribution in [2.75, 3.05) is 0 Å². The first-order valence-electron chi connectivity index (χ1n) is 7.28. The van der Waals surface area contributed by atoms with Crippen molar-refractivity contribution in [3.63, 3.8) is 0 Å². The van der Waals surface area contributed by atoms with E-state index >= 15 is 0 Å². The molecule has 2 aromatic rings. The molecule has 0 radical (unpaired) electrons. The summed E-state index contributed by atoms with van der Waals surface area (Å²) in [5, 5.41) is 3.49. The van der Waals surface area contributed by atoms with Crippen molar-refractivity contribution in [3.05, 3.63) is 53.3 Å². The van der Waals surface area contributed by atoms with Gasteiger partial charge in [-0.3, -0.25) is 4.98 Å². The summed E-state index contributed by atoms with van der Waals surface area (Å²) in [4.78, 5) is 4.24. The molecular weight excluding hydrogens is 260 g/mol. The average molecular weight is 284 g/mol. The van der Waals surface area contributed by atoms with Crippen molar-refractivity contribution in [3.8, 4) is 11.5 Å². The first-order chi connectivity index (χ1) is 9.83. The first-order valence-corrected chi connectivity index (χ1v) is 7.28. The minimum absolute atomic E-state index is 0.122. The average Bonchev–Trinajstić information content (AvgIpc) is 2.41. The number of benzene rings is 1. The van der Waals surface area contributed by atoms with Crippen LogP contribution in [0.2, 0.25) is 0 Å². The van der Waals surface area contributed by atoms with Gasteiger partial charge in [-0.2, -0.15) is 0 Å². The monoisotopic (exact) mass is 284 g/mol. The van der Waals surface area contributed by atoms with Crippen LogP contribution in [0.25, 0.3) is 0 Å². The van der Waals surface area contributed by atoms with Crippen molar-refractivity contribution in [1.29, 1.82) is 0 Å². The van der Waals surface area contributed by atoms with Crippen LogP contribution in [0.3, 0.4) is 0 Å². The van der Waals surface area contributed by atoms with Crippen LogP contribution in [-0.4, -0.2) is 10.5 Å². The largest absolute Gasteiger partial charge is 0.455 e. The van der Waals surface area contributed by atoms with Crippen LogP contribution in [-0.2, 0) is 6.54 Å². The van der Waals surface area contributed by atoms with Gasteiger partial charge in [-0.15, -0.1) is 0 Å². The highest BCUT2D eigenvalue weighted by molar-refractivity contribution is 5.39. The highest BCUT2D eigenvalue weighted by Crippen LogP contribution is 2.25. The Morgan fingerprint density at radius 1 is 1.10 bits per heavy atom. The van der Waals surface area contributed by atoms with E-state index in [-0.39, 0.29) is 5.54 Å². The van der Waals surface area contributed by atoms with Crippen molar-refractivity contribution in [2.24, 2.45) is 0 Å². The molecule has 1 aromatic heterocycles. The lowest BCUT2D eigenvalue weighted by Gasteiger charge is -2.21. The fourth-order valence-electron chi connectivity index (χ4n) is 1.94. The van der Waals surface area contributed by atoms with Gasteiger partial charge in [-0.1, -0.05) is 12.1 Å². The Bertz CT molecular complexity index is 598. The summed E-state index contributed by atoms with van der Waals surface area (Å²) in [7, 11) is 0. The maximum atomic E-state index is 5.88. The Morgan fingerprint density at radius 3 is 2.43 bits per heavy atom. The normalized spacial score (nSPS) is 11.5. The molecule has 0 saturated heterocycles. The molecule has 3 heteroatoms. The molecular formula is C18H24N2O. The van der Waals surface area contributed by atoms with Crippen LogP contribution in [0.15, 0.2) is 36.5 Å². The maximum Gasteiger partial charge on any atom is 0.145 e. The molecule has 0 bridgehead atoms. The second-order valence-electron chi connectivity index (χ2n) is 6.44. The van der Waals surface area contributed by atoms with Gasteiger partial charge < -0.3 is 10.1 Å². The van der Waals surface area contributed by atoms with Crippen molar-refractivity contribution >= 4 is 0 Å². The minimum atomic E-state index is 0.122. The topological polar surface area (TPSA) is 34.1 Å². The molecule has 112 valence electrons. The van der Waals surface area contributed by atoms with E-state index in [4.69, 9.17) is 4.74 Å². The molecule has 0 aliphatic carbocycles. The maximum absolute atomic E-state index is 5.88. The fraction of sp³-hybridized carbons (Fsp3) is 0.389. The van der Waals surface area contributed by atoms with Crippen LogP contribution in [0.4, 0.5) is 0 Å². The Labute approximate surface area is 127 Å². The molecule has 0 saturated carbocycles. The lowest BCUT2D eigenvalue weighted by Crippen LogP contribution is -2.35. The highest BCUT2D eigenvalue weighted by atomic mass is 16.5. The number of nitrogens with zero attached hydrogens (tertiary/aromatic N) is 1. The summed E-state index contributed by atoms with van der Waals surface area (Å²) in [6, 6.07) is 10.2. The summed E-state index contributed by atoms with van der Waals surface area (Å²) in [6.07, 6.45) is 1.75. The van der Waals surface area contributed by atoms with Crippen molar-refractivity contribution < 1.29 is 4.74 Å². The molecule has 0 aliphatic heterocycles. The molecule has 0 aliphatic rings. The van der Waals surface area contributed by atoms with Crippen molar-refractivity contribution in [2.45, 2.75) is 46.7 Å².